The van der Waals surface area contributed by atoms with Crippen LogP contribution in [0, 0.1) is 5.41 Å². The van der Waals surface area contributed by atoms with Crippen LogP contribution >= 0.6 is 0 Å². The normalized spacial score (nSPS) is 13.9. The molecule has 132 valence electrons. The van der Waals surface area contributed by atoms with E-state index in [4.69, 9.17) is 14.2 Å². The maximum absolute atomic E-state index is 12.5. The first kappa shape index (κ1) is 17.9. The number of benzene rings is 1. The van der Waals surface area contributed by atoms with Crippen LogP contribution in [0.2, 0.25) is 0 Å². The molecular formula is C17H24N2O5. The van der Waals surface area contributed by atoms with Gasteiger partial charge in [0, 0.05) is 23.9 Å². The van der Waals surface area contributed by atoms with Crippen molar-refractivity contribution in [2.24, 2.45) is 5.41 Å². The second kappa shape index (κ2) is 6.98. The van der Waals surface area contributed by atoms with Gasteiger partial charge in [-0.1, -0.05) is 0 Å². The number of carbonyl (C=O) groups is 2. The second-order valence-corrected chi connectivity index (χ2v) is 6.24. The SMILES string of the molecule is COc1cc(NC(=O)C(C)(C)C(=O)NC2CC2)cc(OC)c1OC. The van der Waals surface area contributed by atoms with E-state index in [-0.39, 0.29) is 11.9 Å². The maximum Gasteiger partial charge on any atom is 0.239 e. The van der Waals surface area contributed by atoms with Crippen LogP contribution < -0.4 is 24.8 Å². The highest BCUT2D eigenvalue weighted by atomic mass is 16.5. The minimum atomic E-state index is -1.19. The van der Waals surface area contributed by atoms with Gasteiger partial charge in [0.15, 0.2) is 11.5 Å². The number of rotatable bonds is 7. The largest absolute Gasteiger partial charge is 0.493 e. The molecule has 2 amide bonds. The first-order chi connectivity index (χ1) is 11.3. The quantitative estimate of drug-likeness (QED) is 0.744. The molecule has 0 atom stereocenters. The van der Waals surface area contributed by atoms with E-state index in [0.717, 1.165) is 12.8 Å². The summed E-state index contributed by atoms with van der Waals surface area (Å²) in [5.74, 6) is 0.591. The molecule has 0 aromatic heterocycles. The third-order valence-electron chi connectivity index (χ3n) is 3.97. The fourth-order valence-corrected chi connectivity index (χ4v) is 2.14. The Hall–Kier alpha value is -2.44. The van der Waals surface area contributed by atoms with E-state index >= 15 is 0 Å². The van der Waals surface area contributed by atoms with Crippen LogP contribution in [-0.2, 0) is 9.59 Å². The van der Waals surface area contributed by atoms with Crippen molar-refractivity contribution in [3.8, 4) is 17.2 Å². The monoisotopic (exact) mass is 336 g/mol. The lowest BCUT2D eigenvalue weighted by molar-refractivity contribution is -0.138. The molecule has 0 saturated heterocycles. The lowest BCUT2D eigenvalue weighted by Gasteiger charge is -2.23. The van der Waals surface area contributed by atoms with Gasteiger partial charge in [0.2, 0.25) is 17.6 Å². The first-order valence-corrected chi connectivity index (χ1v) is 7.76. The van der Waals surface area contributed by atoms with E-state index < -0.39 is 11.3 Å². The second-order valence-electron chi connectivity index (χ2n) is 6.24. The lowest BCUT2D eigenvalue weighted by atomic mass is 9.91. The van der Waals surface area contributed by atoms with Crippen molar-refractivity contribution in [1.29, 1.82) is 0 Å². The summed E-state index contributed by atoms with van der Waals surface area (Å²) in [5.41, 5.74) is -0.731. The fourth-order valence-electron chi connectivity index (χ4n) is 2.14. The van der Waals surface area contributed by atoms with Gasteiger partial charge in [-0.15, -0.1) is 0 Å². The van der Waals surface area contributed by atoms with Crippen molar-refractivity contribution in [2.75, 3.05) is 26.6 Å². The molecule has 0 radical (unpaired) electrons. The average molecular weight is 336 g/mol. The number of methoxy groups -OCH3 is 3. The Kier molecular flexibility index (Phi) is 5.21. The van der Waals surface area contributed by atoms with Crippen molar-refractivity contribution in [2.45, 2.75) is 32.7 Å². The predicted molar refractivity (Wildman–Crippen MR) is 89.7 cm³/mol. The summed E-state index contributed by atoms with van der Waals surface area (Å²) in [6, 6.07) is 3.44. The number of hydrogen-bond acceptors (Lipinski definition) is 5. The molecule has 1 fully saturated rings. The molecule has 7 heteroatoms. The van der Waals surface area contributed by atoms with Crippen molar-refractivity contribution in [1.82, 2.24) is 5.32 Å². The maximum atomic E-state index is 12.5. The van der Waals surface area contributed by atoms with Gasteiger partial charge < -0.3 is 24.8 Å². The summed E-state index contributed by atoms with van der Waals surface area (Å²) in [5, 5.41) is 5.60. The van der Waals surface area contributed by atoms with Gasteiger partial charge in [0.25, 0.3) is 0 Å². The number of nitrogens with one attached hydrogen (secondary N) is 2. The van der Waals surface area contributed by atoms with Crippen LogP contribution in [0.5, 0.6) is 17.2 Å². The van der Waals surface area contributed by atoms with Crippen molar-refractivity contribution >= 4 is 17.5 Å². The first-order valence-electron chi connectivity index (χ1n) is 7.76. The van der Waals surface area contributed by atoms with Crippen LogP contribution in [0.4, 0.5) is 5.69 Å². The molecule has 0 unspecified atom stereocenters. The third kappa shape index (κ3) is 3.72. The Bertz CT molecular complexity index is 613. The van der Waals surface area contributed by atoms with Crippen LogP contribution in [-0.4, -0.2) is 39.2 Å². The van der Waals surface area contributed by atoms with Gasteiger partial charge in [0.1, 0.15) is 5.41 Å². The zero-order valence-corrected chi connectivity index (χ0v) is 14.7. The Morgan fingerprint density at radius 2 is 1.54 bits per heavy atom. The molecule has 0 bridgehead atoms. The van der Waals surface area contributed by atoms with Gasteiger partial charge in [-0.3, -0.25) is 9.59 Å². The molecular weight excluding hydrogens is 312 g/mol. The van der Waals surface area contributed by atoms with Crippen LogP contribution in [0.25, 0.3) is 0 Å². The summed E-state index contributed by atoms with van der Waals surface area (Å²) < 4.78 is 15.8. The third-order valence-corrected chi connectivity index (χ3v) is 3.97. The molecule has 2 N–H and O–H groups in total. The molecule has 0 heterocycles. The molecule has 1 aliphatic carbocycles. The van der Waals surface area contributed by atoms with Gasteiger partial charge >= 0.3 is 0 Å². The van der Waals surface area contributed by atoms with Crippen LogP contribution in [0.15, 0.2) is 12.1 Å². The molecule has 24 heavy (non-hydrogen) atoms. The summed E-state index contributed by atoms with van der Waals surface area (Å²) in [6.07, 6.45) is 1.94. The molecule has 1 aliphatic rings. The number of carbonyl (C=O) groups excluding carboxylic acids is 2. The fraction of sp³-hybridized carbons (Fsp3) is 0.529. The highest BCUT2D eigenvalue weighted by Crippen LogP contribution is 2.40. The molecule has 2 rings (SSSR count). The Labute approximate surface area is 141 Å². The smallest absolute Gasteiger partial charge is 0.239 e. The van der Waals surface area contributed by atoms with Crippen molar-refractivity contribution in [3.05, 3.63) is 12.1 Å². The Morgan fingerprint density at radius 1 is 1.00 bits per heavy atom. The van der Waals surface area contributed by atoms with Gasteiger partial charge in [0.05, 0.1) is 21.3 Å². The van der Waals surface area contributed by atoms with Crippen molar-refractivity contribution < 1.29 is 23.8 Å². The van der Waals surface area contributed by atoms with E-state index in [1.54, 1.807) is 26.0 Å². The topological polar surface area (TPSA) is 85.9 Å². The zero-order chi connectivity index (χ0) is 17.9. The number of amides is 2. The number of anilines is 1. The van der Waals surface area contributed by atoms with Crippen molar-refractivity contribution in [3.63, 3.8) is 0 Å². The molecule has 1 aromatic rings. The molecule has 7 nitrogen and oxygen atoms in total. The molecule has 0 aliphatic heterocycles. The van der Waals surface area contributed by atoms with Crippen LogP contribution in [0.1, 0.15) is 26.7 Å². The van der Waals surface area contributed by atoms with E-state index in [1.165, 1.54) is 21.3 Å². The predicted octanol–water partition coefficient (Wildman–Crippen LogP) is 1.96. The zero-order valence-electron chi connectivity index (χ0n) is 14.7. The van der Waals surface area contributed by atoms with E-state index in [1.807, 2.05) is 0 Å². The van der Waals surface area contributed by atoms with E-state index in [9.17, 15) is 9.59 Å². The summed E-state index contributed by atoms with van der Waals surface area (Å²) in [6.45, 7) is 3.19. The summed E-state index contributed by atoms with van der Waals surface area (Å²) in [4.78, 5) is 24.8. The van der Waals surface area contributed by atoms with E-state index in [0.29, 0.717) is 22.9 Å². The minimum Gasteiger partial charge on any atom is -0.493 e. The minimum absolute atomic E-state index is 0.200. The summed E-state index contributed by atoms with van der Waals surface area (Å²) in [7, 11) is 4.50. The average Bonchev–Trinajstić information content (AvgIpc) is 3.37. The Balaban J connectivity index is 2.19. The highest BCUT2D eigenvalue weighted by Gasteiger charge is 2.39. The molecule has 1 aromatic carbocycles. The van der Waals surface area contributed by atoms with E-state index in [2.05, 4.69) is 10.6 Å². The number of ether oxygens (including phenoxy) is 3. The lowest BCUT2D eigenvalue weighted by Crippen LogP contribution is -2.45. The Morgan fingerprint density at radius 3 is 1.96 bits per heavy atom. The molecule has 1 saturated carbocycles. The highest BCUT2D eigenvalue weighted by molar-refractivity contribution is 6.10. The van der Waals surface area contributed by atoms with Crippen LogP contribution in [0.3, 0.4) is 0 Å². The number of hydrogen-bond donors (Lipinski definition) is 2. The van der Waals surface area contributed by atoms with Gasteiger partial charge in [-0.2, -0.15) is 0 Å². The standard InChI is InChI=1S/C17H24N2O5/c1-17(2,15(20)18-10-6-7-10)16(21)19-11-8-12(22-3)14(24-5)13(9-11)23-4/h8-10H,6-7H2,1-5H3,(H,18,20)(H,19,21). The summed E-state index contributed by atoms with van der Waals surface area (Å²) >= 11 is 0. The molecule has 0 spiro atoms. The van der Waals surface area contributed by atoms with Gasteiger partial charge in [-0.25, -0.2) is 0 Å². The van der Waals surface area contributed by atoms with Gasteiger partial charge in [-0.05, 0) is 26.7 Å².